The van der Waals surface area contributed by atoms with Gasteiger partial charge in [0, 0.05) is 33.5 Å². The summed E-state index contributed by atoms with van der Waals surface area (Å²) in [6.07, 6.45) is 0.609. The Hall–Kier alpha value is -4.17. The Balaban J connectivity index is -0.000000437. The number of ether oxygens (including phenoxy) is 4. The normalized spacial score (nSPS) is 11.6. The Morgan fingerprint density at radius 1 is 0.720 bits per heavy atom. The molecular weight excluding hydrogens is 669 g/mol. The number of hydrogen-bond acceptors (Lipinski definition) is 9. The minimum Gasteiger partial charge on any atom is -0.493 e. The molecule has 3 atom stereocenters. The first-order valence-corrected chi connectivity index (χ1v) is 15.7. The van der Waals surface area contributed by atoms with Crippen LogP contribution in [-0.2, 0) is 34.0 Å². The second kappa shape index (κ2) is 27.6. The smallest absolute Gasteiger partial charge is 0.296 e. The molecule has 0 aliphatic rings. The number of benzene rings is 3. The average molecular weight is 728 g/mol. The van der Waals surface area contributed by atoms with Crippen LogP contribution in [0.2, 0.25) is 0 Å². The fraction of sp³-hybridized carbons (Fsp3) is 0.432. The molecule has 13 heteroatoms. The first-order chi connectivity index (χ1) is 21.5. The van der Waals surface area contributed by atoms with Gasteiger partial charge in [-0.3, -0.25) is 23.6 Å². The van der Waals surface area contributed by atoms with Crippen molar-refractivity contribution >= 4 is 33.3 Å². The molecule has 2 N–H and O–H groups in total. The first-order valence-electron chi connectivity index (χ1n) is 14.2. The molecule has 3 aromatic rings. The molecule has 3 unspecified atom stereocenters. The Morgan fingerprint density at radius 3 is 1.60 bits per heavy atom. The number of carbonyl (C=O) groups excluding carboxylic acids is 3. The van der Waals surface area contributed by atoms with Crippen molar-refractivity contribution in [2.75, 3.05) is 32.8 Å². The summed E-state index contributed by atoms with van der Waals surface area (Å²) < 4.78 is 54.0. The molecule has 284 valence electrons. The predicted molar refractivity (Wildman–Crippen MR) is 198 cm³/mol. The third-order valence-corrected chi connectivity index (χ3v) is 7.44. The van der Waals surface area contributed by atoms with Crippen molar-refractivity contribution in [1.82, 2.24) is 0 Å². The lowest BCUT2D eigenvalue weighted by atomic mass is 9.94. The molecule has 0 aliphatic heterocycles. The lowest BCUT2D eigenvalue weighted by molar-refractivity contribution is -0.136. The number of hydrogen-bond donors (Lipinski definition) is 2. The number of rotatable bonds is 17. The molecule has 0 saturated heterocycles. The zero-order valence-corrected chi connectivity index (χ0v) is 27.1. The molecule has 0 aliphatic carbocycles. The standard InChI is InChI=1S/C20H23NO7S.C13H18O3.4CH4.FH/c1-14(22)19(17(27-2)12-13-28-15-8-4-3-5-9-15)20(23)21-16-10-6-7-11-18(16)29(24,25)26;1-11(14)10-13(15-2)8-9-16-12-6-4-3-5-7-12;;;;;/h3-11,17,19H,12-13H2,1-2H3,(H,21,23)(H,24,25,26);3-7,13H,8-10H2,1-2H3;4*1H4;1H. The molecule has 0 fully saturated rings. The molecule has 11 nitrogen and oxygen atoms in total. The van der Waals surface area contributed by atoms with Crippen molar-refractivity contribution in [2.24, 2.45) is 5.92 Å². The molecule has 50 heavy (non-hydrogen) atoms. The van der Waals surface area contributed by atoms with Gasteiger partial charge in [0.2, 0.25) is 5.91 Å². The maximum atomic E-state index is 12.7. The van der Waals surface area contributed by atoms with Gasteiger partial charge in [0.25, 0.3) is 10.1 Å². The van der Waals surface area contributed by atoms with E-state index in [9.17, 15) is 27.4 Å². The molecule has 0 radical (unpaired) electrons. The van der Waals surface area contributed by atoms with Gasteiger partial charge < -0.3 is 24.3 Å². The van der Waals surface area contributed by atoms with Crippen molar-refractivity contribution in [3.05, 3.63) is 84.9 Å². The predicted octanol–water partition coefficient (Wildman–Crippen LogP) is 7.71. The van der Waals surface area contributed by atoms with Crippen LogP contribution < -0.4 is 14.8 Å². The van der Waals surface area contributed by atoms with Crippen LogP contribution in [0.25, 0.3) is 0 Å². The molecular formula is C37H58FNO10S. The van der Waals surface area contributed by atoms with Gasteiger partial charge in [-0.1, -0.05) is 78.2 Å². The Bertz CT molecular complexity index is 1460. The summed E-state index contributed by atoms with van der Waals surface area (Å²) in [5.41, 5.74) is -0.123. The van der Waals surface area contributed by atoms with E-state index in [1.54, 1.807) is 26.2 Å². The summed E-state index contributed by atoms with van der Waals surface area (Å²) >= 11 is 0. The van der Waals surface area contributed by atoms with E-state index < -0.39 is 38.7 Å². The van der Waals surface area contributed by atoms with Gasteiger partial charge in [-0.2, -0.15) is 8.42 Å². The fourth-order valence-electron chi connectivity index (χ4n) is 4.30. The zero-order chi connectivity index (χ0) is 33.2. The van der Waals surface area contributed by atoms with E-state index in [4.69, 9.17) is 18.9 Å². The number of para-hydroxylation sites is 3. The molecule has 0 bridgehead atoms. The molecule has 1 amide bonds. The number of halogens is 1. The number of amides is 1. The van der Waals surface area contributed by atoms with E-state index in [-0.39, 0.29) is 65.0 Å². The quantitative estimate of drug-likeness (QED) is 0.104. The fourth-order valence-corrected chi connectivity index (χ4v) is 4.95. The van der Waals surface area contributed by atoms with E-state index in [2.05, 4.69) is 5.32 Å². The number of carbonyl (C=O) groups is 3. The largest absolute Gasteiger partial charge is 0.493 e. The van der Waals surface area contributed by atoms with Crippen LogP contribution in [0, 0.1) is 5.92 Å². The van der Waals surface area contributed by atoms with E-state index in [0.29, 0.717) is 18.8 Å². The number of methoxy groups -OCH3 is 2. The van der Waals surface area contributed by atoms with E-state index in [1.165, 1.54) is 32.2 Å². The van der Waals surface area contributed by atoms with Gasteiger partial charge in [-0.15, -0.1) is 0 Å². The maximum Gasteiger partial charge on any atom is 0.296 e. The van der Waals surface area contributed by atoms with Gasteiger partial charge in [0.15, 0.2) is 0 Å². The van der Waals surface area contributed by atoms with Crippen molar-refractivity contribution in [3.8, 4) is 11.5 Å². The third kappa shape index (κ3) is 19.1. The van der Waals surface area contributed by atoms with Crippen molar-refractivity contribution < 1.29 is 51.0 Å². The first kappa shape index (κ1) is 52.6. The van der Waals surface area contributed by atoms with Crippen LogP contribution in [0.4, 0.5) is 10.4 Å². The highest BCUT2D eigenvalue weighted by Crippen LogP contribution is 2.23. The zero-order valence-electron chi connectivity index (χ0n) is 26.3. The van der Waals surface area contributed by atoms with Crippen LogP contribution in [0.5, 0.6) is 11.5 Å². The van der Waals surface area contributed by atoms with Crippen LogP contribution in [-0.4, -0.2) is 70.1 Å². The number of anilines is 1. The highest BCUT2D eigenvalue weighted by Gasteiger charge is 2.33. The highest BCUT2D eigenvalue weighted by molar-refractivity contribution is 7.86. The molecule has 0 heterocycles. The van der Waals surface area contributed by atoms with Gasteiger partial charge in [-0.05, 0) is 50.2 Å². The van der Waals surface area contributed by atoms with Crippen LogP contribution >= 0.6 is 0 Å². The number of Topliss-reactive ketones (excluding diaryl/α,β-unsaturated/α-hetero) is 2. The van der Waals surface area contributed by atoms with E-state index in [0.717, 1.165) is 18.2 Å². The van der Waals surface area contributed by atoms with Crippen LogP contribution in [0.3, 0.4) is 0 Å². The summed E-state index contributed by atoms with van der Waals surface area (Å²) in [5, 5.41) is 2.40. The van der Waals surface area contributed by atoms with Crippen molar-refractivity contribution in [1.29, 1.82) is 0 Å². The van der Waals surface area contributed by atoms with E-state index >= 15 is 0 Å². The van der Waals surface area contributed by atoms with Gasteiger partial charge >= 0.3 is 0 Å². The monoisotopic (exact) mass is 727 g/mol. The minimum atomic E-state index is -4.55. The van der Waals surface area contributed by atoms with Gasteiger partial charge in [0.05, 0.1) is 31.1 Å². The molecule has 0 saturated carbocycles. The second-order valence-electron chi connectivity index (χ2n) is 9.99. The molecule has 3 aromatic carbocycles. The third-order valence-electron chi connectivity index (χ3n) is 6.53. The van der Waals surface area contributed by atoms with Crippen molar-refractivity contribution in [2.45, 2.75) is 79.9 Å². The van der Waals surface area contributed by atoms with Crippen LogP contribution in [0.1, 0.15) is 62.8 Å². The lowest BCUT2D eigenvalue weighted by Gasteiger charge is -2.23. The Morgan fingerprint density at radius 2 is 1.18 bits per heavy atom. The molecule has 0 spiro atoms. The summed E-state index contributed by atoms with van der Waals surface area (Å²) in [6, 6.07) is 24.0. The number of ketones is 2. The van der Waals surface area contributed by atoms with Gasteiger partial charge in [0.1, 0.15) is 33.9 Å². The highest BCUT2D eigenvalue weighted by atomic mass is 32.2. The number of nitrogens with one attached hydrogen (secondary N) is 1. The summed E-state index contributed by atoms with van der Waals surface area (Å²) in [5.74, 6) is -0.729. The van der Waals surface area contributed by atoms with Gasteiger partial charge in [-0.25, -0.2) is 0 Å². The second-order valence-corrected chi connectivity index (χ2v) is 11.4. The van der Waals surface area contributed by atoms with E-state index in [1.807, 2.05) is 48.5 Å². The van der Waals surface area contributed by atoms with Crippen LogP contribution in [0.15, 0.2) is 89.8 Å². The van der Waals surface area contributed by atoms with Crippen molar-refractivity contribution in [3.63, 3.8) is 0 Å². The SMILES string of the molecule is C.C.C.C.COC(CCOc1ccccc1)C(C(C)=O)C(=O)Nc1ccccc1S(=O)(=O)O.COC(CCOc1ccccc1)CC(C)=O.F. The Kier molecular flexibility index (Phi) is 29.1. The maximum absolute atomic E-state index is 12.7. The minimum absolute atomic E-state index is 0. The average Bonchev–Trinajstić information content (AvgIpc) is 3.00. The molecule has 3 rings (SSSR count). The molecule has 0 aromatic heterocycles. The lowest BCUT2D eigenvalue weighted by Crippen LogP contribution is -2.39. The Labute approximate surface area is 298 Å². The summed E-state index contributed by atoms with van der Waals surface area (Å²) in [6.45, 7) is 3.60. The summed E-state index contributed by atoms with van der Waals surface area (Å²) in [4.78, 5) is 35.3. The topological polar surface area (TPSA) is 155 Å². The summed E-state index contributed by atoms with van der Waals surface area (Å²) in [7, 11) is -1.55.